The zero-order valence-electron chi connectivity index (χ0n) is 22.1. The SMILES string of the molecule is CCNS(=O)(=O)c1cccc(OCC(O)CNC2COC3(CCN(S(=O)(=O)c4ccc(Br)c(C)c4)CC3)C2)c1. The summed E-state index contributed by atoms with van der Waals surface area (Å²) in [5.74, 6) is 0.358. The van der Waals surface area contributed by atoms with Gasteiger partial charge in [0.2, 0.25) is 20.0 Å². The number of ether oxygens (including phenoxy) is 2. The van der Waals surface area contributed by atoms with Crippen molar-refractivity contribution in [3.8, 4) is 5.75 Å². The second kappa shape index (κ2) is 12.5. The molecule has 13 heteroatoms. The smallest absolute Gasteiger partial charge is 0.243 e. The summed E-state index contributed by atoms with van der Waals surface area (Å²) >= 11 is 3.42. The normalized spacial score (nSPS) is 20.8. The minimum Gasteiger partial charge on any atom is -0.491 e. The minimum atomic E-state index is -3.59. The van der Waals surface area contributed by atoms with Gasteiger partial charge in [-0.1, -0.05) is 28.9 Å². The molecule has 2 saturated heterocycles. The first-order valence-electron chi connectivity index (χ1n) is 13.0. The Bertz CT molecular complexity index is 1360. The van der Waals surface area contributed by atoms with E-state index >= 15 is 0 Å². The molecule has 216 valence electrons. The second-order valence-corrected chi connectivity index (χ2v) is 14.6. The van der Waals surface area contributed by atoms with E-state index in [2.05, 4.69) is 26.0 Å². The summed E-state index contributed by atoms with van der Waals surface area (Å²) in [5.41, 5.74) is 0.495. The van der Waals surface area contributed by atoms with E-state index in [9.17, 15) is 21.9 Å². The number of aliphatic hydroxyl groups is 1. The molecular weight excluding hydrogens is 610 g/mol. The average Bonchev–Trinajstić information content (AvgIpc) is 3.30. The zero-order valence-corrected chi connectivity index (χ0v) is 25.3. The van der Waals surface area contributed by atoms with E-state index in [1.54, 1.807) is 37.3 Å². The predicted molar refractivity (Wildman–Crippen MR) is 151 cm³/mol. The average molecular weight is 647 g/mol. The molecule has 2 aliphatic heterocycles. The summed E-state index contributed by atoms with van der Waals surface area (Å²) in [6.45, 7) is 5.41. The lowest BCUT2D eigenvalue weighted by molar-refractivity contribution is -0.0312. The summed E-state index contributed by atoms with van der Waals surface area (Å²) in [5, 5.41) is 13.7. The van der Waals surface area contributed by atoms with Gasteiger partial charge in [-0.3, -0.25) is 0 Å². The number of hydrogen-bond acceptors (Lipinski definition) is 8. The lowest BCUT2D eigenvalue weighted by Crippen LogP contribution is -2.47. The van der Waals surface area contributed by atoms with Crippen molar-refractivity contribution in [2.45, 2.75) is 60.6 Å². The van der Waals surface area contributed by atoms with E-state index in [1.807, 2.05) is 6.92 Å². The van der Waals surface area contributed by atoms with Crippen LogP contribution in [0.3, 0.4) is 0 Å². The summed E-state index contributed by atoms with van der Waals surface area (Å²) in [6, 6.07) is 11.3. The Kier molecular flexibility index (Phi) is 9.75. The number of hydrogen-bond donors (Lipinski definition) is 3. The monoisotopic (exact) mass is 645 g/mol. The molecule has 2 unspecified atom stereocenters. The molecular formula is C26H36BrN3O7S2. The fourth-order valence-electron chi connectivity index (χ4n) is 4.94. The topological polar surface area (TPSA) is 134 Å². The van der Waals surface area contributed by atoms with Crippen LogP contribution in [0.5, 0.6) is 5.75 Å². The Morgan fingerprint density at radius 3 is 2.59 bits per heavy atom. The molecule has 0 radical (unpaired) electrons. The van der Waals surface area contributed by atoms with Gasteiger partial charge in [-0.2, -0.15) is 4.31 Å². The van der Waals surface area contributed by atoms with Gasteiger partial charge in [0, 0.05) is 42.8 Å². The van der Waals surface area contributed by atoms with Crippen molar-refractivity contribution in [2.75, 3.05) is 39.4 Å². The zero-order chi connectivity index (χ0) is 28.3. The number of aliphatic hydroxyl groups excluding tert-OH is 1. The largest absolute Gasteiger partial charge is 0.491 e. The first-order valence-corrected chi connectivity index (χ1v) is 16.7. The van der Waals surface area contributed by atoms with Crippen molar-refractivity contribution in [2.24, 2.45) is 0 Å². The molecule has 0 saturated carbocycles. The molecule has 2 fully saturated rings. The highest BCUT2D eigenvalue weighted by Gasteiger charge is 2.44. The number of rotatable bonds is 11. The number of piperidine rings is 1. The number of nitrogens with one attached hydrogen (secondary N) is 2. The van der Waals surface area contributed by atoms with Crippen molar-refractivity contribution in [1.82, 2.24) is 14.3 Å². The molecule has 2 heterocycles. The van der Waals surface area contributed by atoms with Crippen molar-refractivity contribution in [1.29, 1.82) is 0 Å². The van der Waals surface area contributed by atoms with E-state index < -0.39 is 26.2 Å². The van der Waals surface area contributed by atoms with Crippen LogP contribution in [0, 0.1) is 6.92 Å². The van der Waals surface area contributed by atoms with Gasteiger partial charge in [-0.05, 0) is 62.1 Å². The summed E-state index contributed by atoms with van der Waals surface area (Å²) in [4.78, 5) is 0.405. The Labute approximate surface area is 239 Å². The molecule has 3 N–H and O–H groups in total. The molecule has 10 nitrogen and oxygen atoms in total. The maximum atomic E-state index is 13.1. The highest BCUT2D eigenvalue weighted by Crippen LogP contribution is 2.37. The standard InChI is InChI=1S/C26H36BrN3O7S2/c1-3-29-38(32,33)23-6-4-5-22(14-23)36-18-21(31)16-28-20-15-26(37-17-20)9-11-30(12-10-26)39(34,35)24-7-8-25(27)19(2)13-24/h4-8,13-14,20-21,28-29,31H,3,9-12,15-18H2,1-2H3. The molecule has 1 spiro atoms. The quantitative estimate of drug-likeness (QED) is 0.339. The number of benzene rings is 2. The van der Waals surface area contributed by atoms with E-state index in [4.69, 9.17) is 9.47 Å². The lowest BCUT2D eigenvalue weighted by Gasteiger charge is -2.38. The minimum absolute atomic E-state index is 0.00121. The Hall–Kier alpha value is -1.58. The van der Waals surface area contributed by atoms with Crippen molar-refractivity contribution in [3.63, 3.8) is 0 Å². The molecule has 0 amide bonds. The highest BCUT2D eigenvalue weighted by molar-refractivity contribution is 9.10. The molecule has 0 aliphatic carbocycles. The molecule has 39 heavy (non-hydrogen) atoms. The van der Waals surface area contributed by atoms with Gasteiger partial charge >= 0.3 is 0 Å². The maximum absolute atomic E-state index is 13.1. The van der Waals surface area contributed by atoms with Crippen LogP contribution in [0.2, 0.25) is 0 Å². The Balaban J connectivity index is 1.23. The molecule has 0 bridgehead atoms. The third-order valence-corrected chi connectivity index (χ3v) is 11.5. The third-order valence-electron chi connectivity index (χ3n) is 7.14. The van der Waals surface area contributed by atoms with Crippen LogP contribution in [-0.2, 0) is 24.8 Å². The highest BCUT2D eigenvalue weighted by atomic mass is 79.9. The number of halogens is 1. The van der Waals surface area contributed by atoms with Crippen LogP contribution in [0.15, 0.2) is 56.7 Å². The first kappa shape index (κ1) is 30.4. The number of aryl methyl sites for hydroxylation is 1. The molecule has 2 aromatic carbocycles. The fraction of sp³-hybridized carbons (Fsp3) is 0.538. The summed E-state index contributed by atoms with van der Waals surface area (Å²) in [7, 11) is -7.16. The van der Waals surface area contributed by atoms with Crippen LogP contribution in [-0.4, -0.2) is 83.4 Å². The van der Waals surface area contributed by atoms with Crippen molar-refractivity contribution < 1.29 is 31.4 Å². The van der Waals surface area contributed by atoms with E-state index in [0.29, 0.717) is 43.2 Å². The van der Waals surface area contributed by atoms with Gasteiger partial charge in [0.25, 0.3) is 0 Å². The van der Waals surface area contributed by atoms with Crippen LogP contribution < -0.4 is 14.8 Å². The van der Waals surface area contributed by atoms with Crippen LogP contribution in [0.4, 0.5) is 0 Å². The first-order chi connectivity index (χ1) is 18.4. The summed E-state index contributed by atoms with van der Waals surface area (Å²) < 4.78 is 67.3. The van der Waals surface area contributed by atoms with Crippen LogP contribution in [0.25, 0.3) is 0 Å². The Morgan fingerprint density at radius 1 is 1.15 bits per heavy atom. The van der Waals surface area contributed by atoms with E-state index in [0.717, 1.165) is 16.5 Å². The van der Waals surface area contributed by atoms with Crippen LogP contribution in [0.1, 0.15) is 31.7 Å². The molecule has 0 aromatic heterocycles. The van der Waals surface area contributed by atoms with Gasteiger partial charge in [-0.25, -0.2) is 21.6 Å². The molecule has 2 atom stereocenters. The second-order valence-electron chi connectivity index (χ2n) is 10.1. The van der Waals surface area contributed by atoms with E-state index in [1.165, 1.54) is 16.4 Å². The van der Waals surface area contributed by atoms with E-state index in [-0.39, 0.29) is 36.2 Å². The third kappa shape index (κ3) is 7.39. The van der Waals surface area contributed by atoms with Gasteiger partial charge in [0.1, 0.15) is 18.5 Å². The van der Waals surface area contributed by atoms with Gasteiger partial charge in [-0.15, -0.1) is 0 Å². The lowest BCUT2D eigenvalue weighted by atomic mass is 9.88. The van der Waals surface area contributed by atoms with Gasteiger partial charge in [0.05, 0.1) is 22.0 Å². The fourth-order valence-corrected chi connectivity index (χ4v) is 7.79. The molecule has 2 aromatic rings. The summed E-state index contributed by atoms with van der Waals surface area (Å²) in [6.07, 6.45) is 1.14. The number of nitrogens with zero attached hydrogens (tertiary/aromatic N) is 1. The number of sulfonamides is 2. The predicted octanol–water partition coefficient (Wildman–Crippen LogP) is 2.40. The van der Waals surface area contributed by atoms with Gasteiger partial charge < -0.3 is 19.9 Å². The Morgan fingerprint density at radius 2 is 1.90 bits per heavy atom. The van der Waals surface area contributed by atoms with Crippen LogP contribution >= 0.6 is 15.9 Å². The van der Waals surface area contributed by atoms with Gasteiger partial charge in [0.15, 0.2) is 0 Å². The molecule has 4 rings (SSSR count). The van der Waals surface area contributed by atoms with Crippen molar-refractivity contribution in [3.05, 3.63) is 52.5 Å². The molecule has 2 aliphatic rings. The van der Waals surface area contributed by atoms with Crippen molar-refractivity contribution >= 4 is 36.0 Å². The maximum Gasteiger partial charge on any atom is 0.243 e.